The van der Waals surface area contributed by atoms with E-state index in [9.17, 15) is 9.90 Å². The molecule has 0 saturated heterocycles. The van der Waals surface area contributed by atoms with Crippen molar-refractivity contribution < 1.29 is 24.1 Å². The molecule has 1 N–H and O–H groups in total. The predicted octanol–water partition coefficient (Wildman–Crippen LogP) is 4.20. The summed E-state index contributed by atoms with van der Waals surface area (Å²) >= 11 is 0. The fourth-order valence-electron chi connectivity index (χ4n) is 6.01. The lowest BCUT2D eigenvalue weighted by Crippen LogP contribution is -2.48. The zero-order valence-electron chi connectivity index (χ0n) is 15.6. The van der Waals surface area contributed by atoms with E-state index in [0.717, 1.165) is 42.6 Å². The topological polar surface area (TPSA) is 65.0 Å². The number of hydrogen-bond donors (Lipinski definition) is 1. The molecule has 5 rings (SSSR count). The first-order valence-corrected chi connectivity index (χ1v) is 9.72. The Labute approximate surface area is 154 Å². The molecule has 1 aromatic rings. The standard InChI is InChI=1S/C21H28O5/c1-3-25-20(24-2)26-18-5-4-16(19(22)23)9-17(18)21-10-13-6-14(11-21)8-15(7-13)12-21/h4-5,9,13-15,20H,3,6-8,10-12H2,1-2H3,(H,22,23). The van der Waals surface area contributed by atoms with E-state index in [1.165, 1.54) is 19.3 Å². The van der Waals surface area contributed by atoms with E-state index in [-0.39, 0.29) is 5.41 Å². The van der Waals surface area contributed by atoms with Crippen LogP contribution in [0.25, 0.3) is 0 Å². The van der Waals surface area contributed by atoms with Gasteiger partial charge in [-0.1, -0.05) is 0 Å². The number of rotatable bonds is 7. The highest BCUT2D eigenvalue weighted by Gasteiger charge is 2.52. The van der Waals surface area contributed by atoms with E-state index in [4.69, 9.17) is 14.2 Å². The molecule has 4 fully saturated rings. The Hall–Kier alpha value is -1.59. The van der Waals surface area contributed by atoms with Crippen molar-refractivity contribution in [2.45, 2.75) is 57.3 Å². The lowest BCUT2D eigenvalue weighted by molar-refractivity contribution is -0.231. The molecule has 5 nitrogen and oxygen atoms in total. The highest BCUT2D eigenvalue weighted by molar-refractivity contribution is 5.88. The largest absolute Gasteiger partial charge is 0.478 e. The monoisotopic (exact) mass is 360 g/mol. The first-order valence-electron chi connectivity index (χ1n) is 9.72. The number of benzene rings is 1. The van der Waals surface area contributed by atoms with E-state index >= 15 is 0 Å². The van der Waals surface area contributed by atoms with Crippen molar-refractivity contribution in [1.29, 1.82) is 0 Å². The van der Waals surface area contributed by atoms with Crippen LogP contribution < -0.4 is 4.74 Å². The van der Waals surface area contributed by atoms with Crippen molar-refractivity contribution in [3.05, 3.63) is 29.3 Å². The summed E-state index contributed by atoms with van der Waals surface area (Å²) in [5.41, 5.74) is 1.41. The van der Waals surface area contributed by atoms with Gasteiger partial charge in [0, 0.05) is 12.7 Å². The lowest BCUT2D eigenvalue weighted by Gasteiger charge is -2.57. The Kier molecular flexibility index (Phi) is 4.70. The van der Waals surface area contributed by atoms with Gasteiger partial charge in [0.05, 0.1) is 12.2 Å². The number of carbonyl (C=O) groups is 1. The summed E-state index contributed by atoms with van der Waals surface area (Å²) in [6.07, 6.45) is 7.45. The molecule has 0 aliphatic heterocycles. The fraction of sp³-hybridized carbons (Fsp3) is 0.667. The molecule has 1 aromatic carbocycles. The number of methoxy groups -OCH3 is 1. The first kappa shape index (κ1) is 17.8. The average Bonchev–Trinajstić information content (AvgIpc) is 2.60. The fourth-order valence-corrected chi connectivity index (χ4v) is 6.01. The van der Waals surface area contributed by atoms with Gasteiger partial charge in [-0.25, -0.2) is 4.79 Å². The third kappa shape index (κ3) is 3.12. The minimum Gasteiger partial charge on any atom is -0.478 e. The van der Waals surface area contributed by atoms with E-state index in [1.807, 2.05) is 13.0 Å². The second kappa shape index (κ2) is 6.86. The van der Waals surface area contributed by atoms with Crippen LogP contribution >= 0.6 is 0 Å². The number of ether oxygens (including phenoxy) is 3. The molecule has 142 valence electrons. The van der Waals surface area contributed by atoms with Crippen LogP contribution in [0.1, 0.15) is 61.4 Å². The van der Waals surface area contributed by atoms with Crippen LogP contribution in [0.5, 0.6) is 5.75 Å². The molecule has 0 radical (unpaired) electrons. The molecule has 4 bridgehead atoms. The van der Waals surface area contributed by atoms with Gasteiger partial charge in [0.15, 0.2) is 0 Å². The van der Waals surface area contributed by atoms with Crippen molar-refractivity contribution >= 4 is 5.97 Å². The van der Waals surface area contributed by atoms with Gasteiger partial charge < -0.3 is 19.3 Å². The van der Waals surface area contributed by atoms with E-state index in [2.05, 4.69) is 0 Å². The lowest BCUT2D eigenvalue weighted by atomic mass is 9.48. The maximum absolute atomic E-state index is 11.6. The highest BCUT2D eigenvalue weighted by Crippen LogP contribution is 2.62. The van der Waals surface area contributed by atoms with Crippen LogP contribution in [0.4, 0.5) is 0 Å². The smallest absolute Gasteiger partial charge is 0.335 e. The van der Waals surface area contributed by atoms with Crippen LogP contribution in [0.3, 0.4) is 0 Å². The molecule has 0 amide bonds. The number of carboxylic acid groups (broad SMARTS) is 1. The number of aromatic carboxylic acids is 1. The van der Waals surface area contributed by atoms with Crippen LogP contribution in [-0.2, 0) is 14.9 Å². The van der Waals surface area contributed by atoms with Crippen LogP contribution in [0.15, 0.2) is 18.2 Å². The molecule has 0 heterocycles. The molecule has 1 unspecified atom stereocenters. The molecule has 1 atom stereocenters. The van der Waals surface area contributed by atoms with Crippen LogP contribution in [0.2, 0.25) is 0 Å². The summed E-state index contributed by atoms with van der Waals surface area (Å²) in [4.78, 5) is 11.6. The Bertz CT molecular complexity index is 648. The van der Waals surface area contributed by atoms with Crippen molar-refractivity contribution in [1.82, 2.24) is 0 Å². The zero-order valence-corrected chi connectivity index (χ0v) is 15.6. The molecule has 4 saturated carbocycles. The maximum atomic E-state index is 11.6. The van der Waals surface area contributed by atoms with Crippen LogP contribution in [-0.4, -0.2) is 31.3 Å². The Morgan fingerprint density at radius 2 is 1.81 bits per heavy atom. The van der Waals surface area contributed by atoms with Gasteiger partial charge in [-0.15, -0.1) is 0 Å². The Balaban J connectivity index is 1.73. The summed E-state index contributed by atoms with van der Waals surface area (Å²) in [7, 11) is 1.55. The van der Waals surface area contributed by atoms with Crippen molar-refractivity contribution in [3.8, 4) is 5.75 Å². The van der Waals surface area contributed by atoms with Crippen molar-refractivity contribution in [3.63, 3.8) is 0 Å². The predicted molar refractivity (Wildman–Crippen MR) is 96.3 cm³/mol. The molecule has 0 spiro atoms. The van der Waals surface area contributed by atoms with Gasteiger partial charge in [-0.3, -0.25) is 0 Å². The van der Waals surface area contributed by atoms with Crippen molar-refractivity contribution in [2.75, 3.05) is 13.7 Å². The minimum absolute atomic E-state index is 0.0417. The summed E-state index contributed by atoms with van der Waals surface area (Å²) in [5, 5.41) is 9.50. The summed E-state index contributed by atoms with van der Waals surface area (Å²) < 4.78 is 16.8. The Morgan fingerprint density at radius 1 is 1.19 bits per heavy atom. The highest BCUT2D eigenvalue weighted by atomic mass is 16.8. The second-order valence-electron chi connectivity index (χ2n) is 8.31. The zero-order chi connectivity index (χ0) is 18.3. The van der Waals surface area contributed by atoms with Gasteiger partial charge in [-0.2, -0.15) is 0 Å². The maximum Gasteiger partial charge on any atom is 0.335 e. The number of hydrogen-bond acceptors (Lipinski definition) is 4. The Morgan fingerprint density at radius 3 is 2.31 bits per heavy atom. The summed E-state index contributed by atoms with van der Waals surface area (Å²) in [5.74, 6) is 2.13. The van der Waals surface area contributed by atoms with Gasteiger partial charge in [-0.05, 0) is 86.8 Å². The summed E-state index contributed by atoms with van der Waals surface area (Å²) in [6, 6.07) is 5.23. The van der Waals surface area contributed by atoms with Gasteiger partial charge in [0.1, 0.15) is 5.75 Å². The average molecular weight is 360 g/mol. The molecule has 5 heteroatoms. The van der Waals surface area contributed by atoms with Crippen LogP contribution in [0, 0.1) is 17.8 Å². The normalized spacial score (nSPS) is 33.2. The van der Waals surface area contributed by atoms with E-state index in [0.29, 0.717) is 17.9 Å². The quantitative estimate of drug-likeness (QED) is 0.738. The molecule has 4 aliphatic carbocycles. The first-order chi connectivity index (χ1) is 12.5. The third-order valence-electron chi connectivity index (χ3n) is 6.55. The van der Waals surface area contributed by atoms with E-state index < -0.39 is 12.4 Å². The minimum atomic E-state index is -0.893. The molecule has 0 aromatic heterocycles. The van der Waals surface area contributed by atoms with Gasteiger partial charge >= 0.3 is 12.4 Å². The second-order valence-corrected chi connectivity index (χ2v) is 8.31. The van der Waals surface area contributed by atoms with Gasteiger partial charge in [0.25, 0.3) is 0 Å². The number of carboxylic acids is 1. The SMILES string of the molecule is CCOC(OC)Oc1ccc(C(=O)O)cc1C12CC3CC(CC(C3)C1)C2. The molecular formula is C21H28O5. The molecule has 4 aliphatic rings. The molecule has 26 heavy (non-hydrogen) atoms. The summed E-state index contributed by atoms with van der Waals surface area (Å²) in [6.45, 7) is 1.60. The third-order valence-corrected chi connectivity index (χ3v) is 6.55. The van der Waals surface area contributed by atoms with Gasteiger partial charge in [0.2, 0.25) is 0 Å². The van der Waals surface area contributed by atoms with Crippen molar-refractivity contribution in [2.24, 2.45) is 17.8 Å². The van der Waals surface area contributed by atoms with E-state index in [1.54, 1.807) is 19.2 Å². The molecular weight excluding hydrogens is 332 g/mol.